The second kappa shape index (κ2) is 8.84. The molecule has 0 bridgehead atoms. The Morgan fingerprint density at radius 2 is 1.75 bits per heavy atom. The van der Waals surface area contributed by atoms with Gasteiger partial charge in [0.2, 0.25) is 0 Å². The number of ether oxygens (including phenoxy) is 2. The summed E-state index contributed by atoms with van der Waals surface area (Å²) >= 11 is 3.41. The van der Waals surface area contributed by atoms with Crippen molar-refractivity contribution < 1.29 is 14.3 Å². The zero-order valence-corrected chi connectivity index (χ0v) is 13.9. The van der Waals surface area contributed by atoms with E-state index in [4.69, 9.17) is 9.47 Å². The minimum absolute atomic E-state index is 0.0712. The van der Waals surface area contributed by atoms with Gasteiger partial charge < -0.3 is 14.4 Å². The van der Waals surface area contributed by atoms with Crippen molar-refractivity contribution in [1.29, 1.82) is 0 Å². The van der Waals surface area contributed by atoms with Crippen LogP contribution in [0.5, 0.6) is 11.5 Å². The summed E-state index contributed by atoms with van der Waals surface area (Å²) in [7, 11) is 4.92. The molecule has 0 saturated heterocycles. The maximum absolute atomic E-state index is 12.5. The molecule has 0 unspecified atom stereocenters. The van der Waals surface area contributed by atoms with Crippen molar-refractivity contribution in [1.82, 2.24) is 4.90 Å². The summed E-state index contributed by atoms with van der Waals surface area (Å²) in [5.74, 6) is 1.02. The smallest absolute Gasteiger partial charge is 0.261 e. The quantitative estimate of drug-likeness (QED) is 0.536. The number of rotatable bonds is 8. The van der Waals surface area contributed by atoms with E-state index in [1.54, 1.807) is 31.3 Å². The Morgan fingerprint density at radius 3 is 2.25 bits per heavy atom. The van der Waals surface area contributed by atoms with Gasteiger partial charge in [-0.15, -0.1) is 0 Å². The number of nitrogens with zero attached hydrogens (tertiary/aromatic N) is 1. The number of carbonyl (C=O) groups is 1. The van der Waals surface area contributed by atoms with E-state index in [2.05, 4.69) is 15.9 Å². The van der Waals surface area contributed by atoms with Gasteiger partial charge in [0.25, 0.3) is 5.91 Å². The molecular formula is C15H22BrNO3. The number of carbonyl (C=O) groups excluding carboxylic acids is 1. The van der Waals surface area contributed by atoms with Gasteiger partial charge in [-0.3, -0.25) is 4.79 Å². The van der Waals surface area contributed by atoms with E-state index < -0.39 is 0 Å². The van der Waals surface area contributed by atoms with Gasteiger partial charge in [0.15, 0.2) is 0 Å². The van der Waals surface area contributed by atoms with Crippen molar-refractivity contribution in [2.75, 3.05) is 33.1 Å². The second-order valence-corrected chi connectivity index (χ2v) is 5.31. The van der Waals surface area contributed by atoms with Crippen molar-refractivity contribution in [3.05, 3.63) is 23.8 Å². The molecule has 20 heavy (non-hydrogen) atoms. The first-order valence-electron chi connectivity index (χ1n) is 6.68. The normalized spacial score (nSPS) is 10.2. The highest BCUT2D eigenvalue weighted by atomic mass is 79.9. The lowest BCUT2D eigenvalue weighted by Gasteiger charge is -2.20. The SMILES string of the molecule is COc1cccc(OC)c1C(=O)N(C)CCCCCBr. The van der Waals surface area contributed by atoms with E-state index in [9.17, 15) is 4.79 Å². The summed E-state index contributed by atoms with van der Waals surface area (Å²) in [6.45, 7) is 0.729. The average molecular weight is 344 g/mol. The first-order valence-corrected chi connectivity index (χ1v) is 7.80. The summed E-state index contributed by atoms with van der Waals surface area (Å²) in [5.41, 5.74) is 0.487. The third kappa shape index (κ3) is 4.40. The zero-order chi connectivity index (χ0) is 15.0. The number of alkyl halides is 1. The molecule has 0 fully saturated rings. The Hall–Kier alpha value is -1.23. The molecule has 4 nitrogen and oxygen atoms in total. The molecular weight excluding hydrogens is 322 g/mol. The fraction of sp³-hybridized carbons (Fsp3) is 0.533. The minimum atomic E-state index is -0.0712. The Balaban J connectivity index is 2.80. The lowest BCUT2D eigenvalue weighted by atomic mass is 10.1. The Bertz CT molecular complexity index is 415. The van der Waals surface area contributed by atoms with Crippen LogP contribution in [-0.4, -0.2) is 43.9 Å². The minimum Gasteiger partial charge on any atom is -0.496 e. The Labute approximate surface area is 129 Å². The number of hydrogen-bond donors (Lipinski definition) is 0. The first-order chi connectivity index (χ1) is 9.65. The van der Waals surface area contributed by atoms with Crippen LogP contribution in [0.4, 0.5) is 0 Å². The molecule has 0 atom stereocenters. The summed E-state index contributed by atoms with van der Waals surface area (Å²) in [5, 5.41) is 1.00. The van der Waals surface area contributed by atoms with Gasteiger partial charge in [-0.1, -0.05) is 28.4 Å². The van der Waals surface area contributed by atoms with Gasteiger partial charge in [0.05, 0.1) is 14.2 Å². The van der Waals surface area contributed by atoms with Crippen molar-refractivity contribution in [2.24, 2.45) is 0 Å². The van der Waals surface area contributed by atoms with Crippen LogP contribution in [0.3, 0.4) is 0 Å². The first kappa shape index (κ1) is 16.8. The van der Waals surface area contributed by atoms with Crippen LogP contribution in [0, 0.1) is 0 Å². The molecule has 5 heteroatoms. The van der Waals surface area contributed by atoms with Gasteiger partial charge >= 0.3 is 0 Å². The van der Waals surface area contributed by atoms with Crippen molar-refractivity contribution >= 4 is 21.8 Å². The molecule has 0 heterocycles. The van der Waals surface area contributed by atoms with Crippen LogP contribution in [-0.2, 0) is 0 Å². The third-order valence-corrected chi connectivity index (χ3v) is 3.68. The van der Waals surface area contributed by atoms with Crippen molar-refractivity contribution in [2.45, 2.75) is 19.3 Å². The molecule has 112 valence electrons. The number of amides is 1. The molecule has 0 radical (unpaired) electrons. The highest BCUT2D eigenvalue weighted by Crippen LogP contribution is 2.29. The second-order valence-electron chi connectivity index (χ2n) is 4.51. The maximum Gasteiger partial charge on any atom is 0.261 e. The van der Waals surface area contributed by atoms with E-state index in [1.807, 2.05) is 13.1 Å². The van der Waals surface area contributed by atoms with Crippen LogP contribution in [0.2, 0.25) is 0 Å². The van der Waals surface area contributed by atoms with Gasteiger partial charge in [0.1, 0.15) is 17.1 Å². The molecule has 0 N–H and O–H groups in total. The summed E-state index contributed by atoms with van der Waals surface area (Å²) < 4.78 is 10.5. The average Bonchev–Trinajstić information content (AvgIpc) is 2.49. The molecule has 0 aromatic heterocycles. The number of unbranched alkanes of at least 4 members (excludes halogenated alkanes) is 2. The van der Waals surface area contributed by atoms with E-state index >= 15 is 0 Å². The zero-order valence-electron chi connectivity index (χ0n) is 12.3. The Kier molecular flexibility index (Phi) is 7.44. The van der Waals surface area contributed by atoms with E-state index in [1.165, 1.54) is 0 Å². The van der Waals surface area contributed by atoms with Gasteiger partial charge in [-0.2, -0.15) is 0 Å². The molecule has 0 aliphatic rings. The van der Waals surface area contributed by atoms with Gasteiger partial charge in [-0.25, -0.2) is 0 Å². The molecule has 0 spiro atoms. The van der Waals surface area contributed by atoms with E-state index in [0.29, 0.717) is 17.1 Å². The fourth-order valence-corrected chi connectivity index (χ4v) is 2.37. The van der Waals surface area contributed by atoms with Crippen molar-refractivity contribution in [3.8, 4) is 11.5 Å². The highest BCUT2D eigenvalue weighted by Gasteiger charge is 2.21. The fourth-order valence-electron chi connectivity index (χ4n) is 1.97. The predicted octanol–water partition coefficient (Wildman–Crippen LogP) is 3.34. The van der Waals surface area contributed by atoms with Crippen LogP contribution >= 0.6 is 15.9 Å². The lowest BCUT2D eigenvalue weighted by molar-refractivity contribution is 0.0786. The largest absolute Gasteiger partial charge is 0.496 e. The van der Waals surface area contributed by atoms with Crippen LogP contribution in [0.1, 0.15) is 29.6 Å². The predicted molar refractivity (Wildman–Crippen MR) is 84.2 cm³/mol. The third-order valence-electron chi connectivity index (χ3n) is 3.12. The maximum atomic E-state index is 12.5. The molecule has 1 amide bonds. The molecule has 1 aromatic rings. The molecule has 1 aromatic carbocycles. The van der Waals surface area contributed by atoms with Gasteiger partial charge in [0, 0.05) is 18.9 Å². The molecule has 0 saturated carbocycles. The number of methoxy groups -OCH3 is 2. The van der Waals surface area contributed by atoms with E-state index in [0.717, 1.165) is 31.1 Å². The monoisotopic (exact) mass is 343 g/mol. The van der Waals surface area contributed by atoms with Crippen molar-refractivity contribution in [3.63, 3.8) is 0 Å². The molecule has 0 aliphatic carbocycles. The lowest BCUT2D eigenvalue weighted by Crippen LogP contribution is -2.28. The van der Waals surface area contributed by atoms with Crippen LogP contribution in [0.25, 0.3) is 0 Å². The molecule has 1 rings (SSSR count). The topological polar surface area (TPSA) is 38.8 Å². The Morgan fingerprint density at radius 1 is 1.15 bits per heavy atom. The summed E-state index contributed by atoms with van der Waals surface area (Å²) in [6.07, 6.45) is 3.22. The number of hydrogen-bond acceptors (Lipinski definition) is 3. The van der Waals surface area contributed by atoms with Crippen LogP contribution < -0.4 is 9.47 Å². The van der Waals surface area contributed by atoms with Crippen LogP contribution in [0.15, 0.2) is 18.2 Å². The van der Waals surface area contributed by atoms with E-state index in [-0.39, 0.29) is 5.91 Å². The van der Waals surface area contributed by atoms with Gasteiger partial charge in [-0.05, 0) is 25.0 Å². The number of benzene rings is 1. The number of halogens is 1. The highest BCUT2D eigenvalue weighted by molar-refractivity contribution is 9.09. The summed E-state index contributed by atoms with van der Waals surface area (Å²) in [6, 6.07) is 5.35. The standard InChI is InChI=1S/C15H22BrNO3/c1-17(11-6-4-5-10-16)15(18)14-12(19-2)8-7-9-13(14)20-3/h7-9H,4-6,10-11H2,1-3H3. The summed E-state index contributed by atoms with van der Waals surface area (Å²) in [4.78, 5) is 14.2. The molecule has 0 aliphatic heterocycles.